The van der Waals surface area contributed by atoms with E-state index in [1.807, 2.05) is 42.7 Å². The topological polar surface area (TPSA) is 38.7 Å². The Labute approximate surface area is 217 Å². The third-order valence-electron chi connectivity index (χ3n) is 7.27. The van der Waals surface area contributed by atoms with E-state index < -0.39 is 8.07 Å². The normalized spacial score (nSPS) is 13.1. The summed E-state index contributed by atoms with van der Waals surface area (Å²) in [5, 5.41) is 5.17. The first kappa shape index (κ1) is 21.6. The Morgan fingerprint density at radius 3 is 1.73 bits per heavy atom. The molecule has 0 aliphatic carbocycles. The molecule has 1 aliphatic heterocycles. The largest absolute Gasteiger partial charge is 0.256 e. The average Bonchev–Trinajstić information content (AvgIpc) is 3.30. The molecule has 174 valence electrons. The zero-order chi connectivity index (χ0) is 24.7. The van der Waals surface area contributed by atoms with Crippen LogP contribution in [0.25, 0.3) is 33.8 Å². The molecule has 37 heavy (non-hydrogen) atoms. The van der Waals surface area contributed by atoms with Crippen LogP contribution in [0.3, 0.4) is 0 Å². The molecule has 3 aromatic carbocycles. The summed E-state index contributed by atoms with van der Waals surface area (Å²) < 4.78 is 0. The summed E-state index contributed by atoms with van der Waals surface area (Å²) in [6.07, 6.45) is 3.68. The third kappa shape index (κ3) is 3.38. The fraction of sp³-hybridized carbons (Fsp3) is 0. The van der Waals surface area contributed by atoms with Crippen molar-refractivity contribution >= 4 is 29.0 Å². The van der Waals surface area contributed by atoms with Gasteiger partial charge in [-0.15, -0.1) is 0 Å². The second kappa shape index (κ2) is 8.77. The van der Waals surface area contributed by atoms with Crippen molar-refractivity contribution in [2.24, 2.45) is 0 Å². The van der Waals surface area contributed by atoms with Gasteiger partial charge in [-0.1, -0.05) is 91.0 Å². The first-order valence-corrected chi connectivity index (χ1v) is 14.5. The number of fused-ring (bicyclic) bond motifs is 3. The maximum atomic E-state index is 5.36. The molecular weight excluding hydrogens is 466 g/mol. The molecule has 0 fully saturated rings. The van der Waals surface area contributed by atoms with Crippen molar-refractivity contribution in [2.45, 2.75) is 0 Å². The fourth-order valence-electron chi connectivity index (χ4n) is 5.72. The highest BCUT2D eigenvalue weighted by Crippen LogP contribution is 2.29. The molecule has 1 aliphatic rings. The van der Waals surface area contributed by atoms with Crippen LogP contribution in [-0.2, 0) is 0 Å². The van der Waals surface area contributed by atoms with E-state index in [1.54, 1.807) is 0 Å². The van der Waals surface area contributed by atoms with E-state index in [0.29, 0.717) is 0 Å². The fourth-order valence-corrected chi connectivity index (χ4v) is 10.8. The highest BCUT2D eigenvalue weighted by atomic mass is 28.3. The number of hydrogen-bond donors (Lipinski definition) is 0. The average molecular weight is 490 g/mol. The van der Waals surface area contributed by atoms with Crippen LogP contribution in [0.2, 0.25) is 0 Å². The van der Waals surface area contributed by atoms with E-state index in [4.69, 9.17) is 4.98 Å². The highest BCUT2D eigenvalue weighted by molar-refractivity contribution is 7.21. The summed E-state index contributed by atoms with van der Waals surface area (Å²) in [7, 11) is -2.72. The Balaban J connectivity index is 1.56. The van der Waals surface area contributed by atoms with E-state index in [1.165, 1.54) is 26.7 Å². The molecule has 0 amide bonds. The number of hydrogen-bond acceptors (Lipinski definition) is 3. The first-order chi connectivity index (χ1) is 18.4. The van der Waals surface area contributed by atoms with Crippen molar-refractivity contribution in [3.63, 3.8) is 0 Å². The van der Waals surface area contributed by atoms with E-state index >= 15 is 0 Å². The van der Waals surface area contributed by atoms with Crippen molar-refractivity contribution in [3.05, 3.63) is 140 Å². The van der Waals surface area contributed by atoms with Gasteiger partial charge in [-0.25, -0.2) is 0 Å². The van der Waals surface area contributed by atoms with Crippen molar-refractivity contribution in [2.75, 3.05) is 0 Å². The smallest absolute Gasteiger partial charge is 0.203 e. The molecule has 0 bridgehead atoms. The molecule has 0 N–H and O–H groups in total. The van der Waals surface area contributed by atoms with Gasteiger partial charge in [-0.05, 0) is 63.1 Å². The third-order valence-corrected chi connectivity index (χ3v) is 12.0. The monoisotopic (exact) mass is 489 g/mol. The standard InChI is InChI=1S/C33H23N3Si/c1-3-18-31-26(13-1)27-14-2-4-19-32(27)37(31,25-12-9-11-24(23-25)28-15-5-7-21-34-28)33-20-10-17-30(36-33)29-16-6-8-22-35-29/h1-23H. The minimum atomic E-state index is -2.72. The van der Waals surface area contributed by atoms with Crippen molar-refractivity contribution in [1.82, 2.24) is 15.0 Å². The molecular formula is C33H23N3Si. The lowest BCUT2D eigenvalue weighted by molar-refractivity contribution is 1.26. The molecule has 0 saturated heterocycles. The predicted octanol–water partition coefficient (Wildman–Crippen LogP) is 4.56. The second-order valence-corrected chi connectivity index (χ2v) is 12.9. The molecule has 0 atom stereocenters. The Morgan fingerprint density at radius 2 is 1.05 bits per heavy atom. The van der Waals surface area contributed by atoms with E-state index in [0.717, 1.165) is 28.0 Å². The number of benzene rings is 3. The molecule has 3 nitrogen and oxygen atoms in total. The van der Waals surface area contributed by atoms with Crippen LogP contribution in [0, 0.1) is 0 Å². The molecule has 6 aromatic rings. The van der Waals surface area contributed by atoms with Gasteiger partial charge in [0.1, 0.15) is 0 Å². The minimum Gasteiger partial charge on any atom is -0.256 e. The van der Waals surface area contributed by atoms with Gasteiger partial charge in [0.05, 0.1) is 17.1 Å². The number of pyridine rings is 3. The molecule has 4 heteroatoms. The van der Waals surface area contributed by atoms with Gasteiger partial charge in [-0.2, -0.15) is 0 Å². The Bertz CT molecular complexity index is 1600. The van der Waals surface area contributed by atoms with Gasteiger partial charge in [0.25, 0.3) is 0 Å². The summed E-state index contributed by atoms with van der Waals surface area (Å²) in [5.74, 6) is 0. The minimum absolute atomic E-state index is 0.885. The van der Waals surface area contributed by atoms with Crippen LogP contribution in [0.1, 0.15) is 0 Å². The zero-order valence-corrected chi connectivity index (χ0v) is 21.1. The molecule has 0 spiro atoms. The van der Waals surface area contributed by atoms with Crippen LogP contribution in [-0.4, -0.2) is 23.0 Å². The van der Waals surface area contributed by atoms with Crippen LogP contribution in [0.4, 0.5) is 0 Å². The molecule has 4 heterocycles. The summed E-state index contributed by atoms with van der Waals surface area (Å²) >= 11 is 0. The molecule has 3 aromatic heterocycles. The van der Waals surface area contributed by atoms with Gasteiger partial charge in [0.2, 0.25) is 8.07 Å². The number of aromatic nitrogens is 3. The molecule has 0 unspecified atom stereocenters. The Hall–Kier alpha value is -4.67. The quantitative estimate of drug-likeness (QED) is 0.340. The predicted molar refractivity (Wildman–Crippen MR) is 153 cm³/mol. The number of rotatable bonds is 4. The SMILES string of the molecule is c1ccc(-c2cccc([Si]3(c4cccc(-c5ccccn5)n4)c4ccccc4-c4ccccc43)c2)nc1. The van der Waals surface area contributed by atoms with Crippen LogP contribution in [0.15, 0.2) is 140 Å². The van der Waals surface area contributed by atoms with Gasteiger partial charge < -0.3 is 0 Å². The molecule has 0 saturated carbocycles. The number of nitrogens with zero attached hydrogens (tertiary/aromatic N) is 3. The summed E-state index contributed by atoms with van der Waals surface area (Å²) in [6.45, 7) is 0. The lowest BCUT2D eigenvalue weighted by atomic mass is 10.1. The Kier molecular flexibility index (Phi) is 5.12. The molecule has 0 radical (unpaired) electrons. The van der Waals surface area contributed by atoms with E-state index in [2.05, 4.69) is 107 Å². The van der Waals surface area contributed by atoms with Gasteiger partial charge in [-0.3, -0.25) is 15.0 Å². The maximum absolute atomic E-state index is 5.36. The first-order valence-electron chi connectivity index (χ1n) is 12.5. The van der Waals surface area contributed by atoms with Crippen molar-refractivity contribution in [1.29, 1.82) is 0 Å². The van der Waals surface area contributed by atoms with E-state index in [9.17, 15) is 0 Å². The Morgan fingerprint density at radius 1 is 0.459 bits per heavy atom. The van der Waals surface area contributed by atoms with Crippen LogP contribution < -0.4 is 20.9 Å². The van der Waals surface area contributed by atoms with Crippen LogP contribution >= 0.6 is 0 Å². The summed E-state index contributed by atoms with van der Waals surface area (Å²) in [5.41, 5.74) is 6.48. The van der Waals surface area contributed by atoms with Crippen LogP contribution in [0.5, 0.6) is 0 Å². The van der Waals surface area contributed by atoms with Gasteiger partial charge in [0, 0.05) is 23.3 Å². The van der Waals surface area contributed by atoms with Gasteiger partial charge in [0.15, 0.2) is 0 Å². The maximum Gasteiger partial charge on any atom is 0.203 e. The summed E-state index contributed by atoms with van der Waals surface area (Å²) in [4.78, 5) is 14.6. The van der Waals surface area contributed by atoms with Gasteiger partial charge >= 0.3 is 0 Å². The molecule has 7 rings (SSSR count). The summed E-state index contributed by atoms with van der Waals surface area (Å²) in [6, 6.07) is 45.1. The lowest BCUT2D eigenvalue weighted by Crippen LogP contribution is -2.73. The van der Waals surface area contributed by atoms with Crippen molar-refractivity contribution in [3.8, 4) is 33.8 Å². The highest BCUT2D eigenvalue weighted by Gasteiger charge is 2.49. The zero-order valence-electron chi connectivity index (χ0n) is 20.1. The van der Waals surface area contributed by atoms with E-state index in [-0.39, 0.29) is 0 Å². The van der Waals surface area contributed by atoms with Crippen molar-refractivity contribution < 1.29 is 0 Å². The lowest BCUT2D eigenvalue weighted by Gasteiger charge is -2.30. The second-order valence-electron chi connectivity index (χ2n) is 9.26.